The van der Waals surface area contributed by atoms with Gasteiger partial charge in [-0.15, -0.1) is 0 Å². The van der Waals surface area contributed by atoms with Crippen molar-refractivity contribution in [1.29, 1.82) is 0 Å². The van der Waals surface area contributed by atoms with Crippen LogP contribution in [0.4, 0.5) is 5.13 Å². The van der Waals surface area contributed by atoms with Gasteiger partial charge >= 0.3 is 0 Å². The second-order valence-corrected chi connectivity index (χ2v) is 9.85. The number of Topliss-reactive ketones (excluding diaryl/α,β-unsaturated/α-hetero) is 1. The fourth-order valence-corrected chi connectivity index (χ4v) is 5.68. The molecule has 2 aliphatic rings. The minimum Gasteiger partial charge on any atom is -0.379 e. The fourth-order valence-electron chi connectivity index (χ4n) is 4.66. The van der Waals surface area contributed by atoms with Crippen molar-refractivity contribution in [2.75, 3.05) is 31.6 Å². The highest BCUT2D eigenvalue weighted by Gasteiger charge is 2.33. The third-order valence-corrected chi connectivity index (χ3v) is 7.70. The molecular weight excluding hydrogens is 438 g/mol. The van der Waals surface area contributed by atoms with Gasteiger partial charge in [0.05, 0.1) is 18.7 Å². The summed E-state index contributed by atoms with van der Waals surface area (Å²) in [6.07, 6.45) is 3.29. The zero-order chi connectivity index (χ0) is 22.9. The third kappa shape index (κ3) is 4.45. The molecule has 2 fully saturated rings. The van der Waals surface area contributed by atoms with E-state index >= 15 is 0 Å². The second kappa shape index (κ2) is 9.32. The number of benzene rings is 1. The van der Waals surface area contributed by atoms with Gasteiger partial charge < -0.3 is 9.64 Å². The number of carbonyl (C=O) groups is 1. The second-order valence-electron chi connectivity index (χ2n) is 8.90. The first kappa shape index (κ1) is 22.2. The molecule has 0 saturated carbocycles. The molecule has 0 spiro atoms. The summed E-state index contributed by atoms with van der Waals surface area (Å²) in [5.41, 5.74) is 1.43. The van der Waals surface area contributed by atoms with Gasteiger partial charge in [0.2, 0.25) is 0 Å². The van der Waals surface area contributed by atoms with E-state index in [9.17, 15) is 9.59 Å². The molecule has 0 amide bonds. The summed E-state index contributed by atoms with van der Waals surface area (Å²) in [7, 11) is 3.47. The van der Waals surface area contributed by atoms with E-state index < -0.39 is 0 Å². The Balaban J connectivity index is 1.33. The van der Waals surface area contributed by atoms with Crippen molar-refractivity contribution in [3.63, 3.8) is 0 Å². The first-order valence-electron chi connectivity index (χ1n) is 11.5. The van der Waals surface area contributed by atoms with Crippen LogP contribution in [0.2, 0.25) is 0 Å². The average molecular weight is 468 g/mol. The van der Waals surface area contributed by atoms with Crippen LogP contribution in [0.15, 0.2) is 35.1 Å². The number of thiazole rings is 1. The van der Waals surface area contributed by atoms with E-state index in [-0.39, 0.29) is 23.5 Å². The van der Waals surface area contributed by atoms with Crippen molar-refractivity contribution in [3.05, 3.63) is 52.1 Å². The van der Waals surface area contributed by atoms with E-state index in [0.29, 0.717) is 23.3 Å². The minimum atomic E-state index is -0.176. The zero-order valence-corrected chi connectivity index (χ0v) is 19.9. The Morgan fingerprint density at radius 3 is 2.76 bits per heavy atom. The summed E-state index contributed by atoms with van der Waals surface area (Å²) in [5, 5.41) is 0.728. The Kier molecular flexibility index (Phi) is 6.27. The Hall–Kier alpha value is -2.62. The van der Waals surface area contributed by atoms with Crippen molar-refractivity contribution < 1.29 is 9.53 Å². The van der Waals surface area contributed by atoms with Crippen molar-refractivity contribution in [2.24, 2.45) is 7.05 Å². The number of likely N-dealkylation sites (tertiary alicyclic amines) is 1. The number of methoxy groups -OCH3 is 1. The molecule has 174 valence electrons. The lowest BCUT2D eigenvalue weighted by atomic mass is 10.0. The number of hydrogen-bond donors (Lipinski definition) is 0. The molecule has 33 heavy (non-hydrogen) atoms. The van der Waals surface area contributed by atoms with Crippen LogP contribution in [0.3, 0.4) is 0 Å². The predicted molar refractivity (Wildman–Crippen MR) is 129 cm³/mol. The summed E-state index contributed by atoms with van der Waals surface area (Å²) < 4.78 is 6.93. The number of rotatable bonds is 8. The molecule has 2 aromatic heterocycles. The Labute approximate surface area is 196 Å². The van der Waals surface area contributed by atoms with E-state index in [1.807, 2.05) is 18.2 Å². The maximum absolute atomic E-state index is 13.0. The quantitative estimate of drug-likeness (QED) is 0.503. The van der Waals surface area contributed by atoms with Crippen molar-refractivity contribution in [2.45, 2.75) is 44.4 Å². The molecular formula is C24H29N5O3S. The molecule has 0 unspecified atom stereocenters. The van der Waals surface area contributed by atoms with Crippen molar-refractivity contribution >= 4 is 32.6 Å². The van der Waals surface area contributed by atoms with Crippen molar-refractivity contribution in [1.82, 2.24) is 19.4 Å². The number of aryl methyl sites for hydroxylation is 1. The van der Waals surface area contributed by atoms with Crippen LogP contribution in [-0.4, -0.2) is 64.1 Å². The van der Waals surface area contributed by atoms with Crippen LogP contribution < -0.4 is 10.5 Å². The maximum Gasteiger partial charge on any atom is 0.280 e. The van der Waals surface area contributed by atoms with Crippen molar-refractivity contribution in [3.8, 4) is 0 Å². The van der Waals surface area contributed by atoms with Crippen LogP contribution >= 0.6 is 11.3 Å². The van der Waals surface area contributed by atoms with E-state index in [0.717, 1.165) is 49.9 Å². The van der Waals surface area contributed by atoms with Gasteiger partial charge in [0.1, 0.15) is 5.82 Å². The Morgan fingerprint density at radius 2 is 2.00 bits per heavy atom. The highest BCUT2D eigenvalue weighted by atomic mass is 32.1. The predicted octanol–water partition coefficient (Wildman–Crippen LogP) is 2.39. The first-order chi connectivity index (χ1) is 16.0. The molecule has 0 bridgehead atoms. The van der Waals surface area contributed by atoms with Gasteiger partial charge in [0.15, 0.2) is 21.3 Å². The molecule has 4 heterocycles. The van der Waals surface area contributed by atoms with Gasteiger partial charge in [0, 0.05) is 40.2 Å². The number of ether oxygens (including phenoxy) is 1. The number of hydrogen-bond acceptors (Lipinski definition) is 8. The van der Waals surface area contributed by atoms with Crippen LogP contribution in [0.5, 0.6) is 0 Å². The van der Waals surface area contributed by atoms with E-state index in [1.54, 1.807) is 18.7 Å². The normalized spacial score (nSPS) is 19.3. The molecule has 2 aliphatic heterocycles. The molecule has 1 atom stereocenters. The number of aromatic nitrogens is 3. The lowest BCUT2D eigenvalue weighted by Gasteiger charge is -2.37. The summed E-state index contributed by atoms with van der Waals surface area (Å²) in [5.74, 6) is 0.969. The minimum absolute atomic E-state index is 0.132. The number of carbonyl (C=O) groups excluding carboxylic acids is 1. The van der Waals surface area contributed by atoms with Crippen LogP contribution in [-0.2, 0) is 29.5 Å². The van der Waals surface area contributed by atoms with Crippen LogP contribution in [0.1, 0.15) is 30.7 Å². The maximum atomic E-state index is 13.0. The fraction of sp³-hybridized carbons (Fsp3) is 0.500. The third-order valence-electron chi connectivity index (χ3n) is 6.72. The molecule has 0 radical (unpaired) electrons. The highest BCUT2D eigenvalue weighted by molar-refractivity contribution is 7.21. The largest absolute Gasteiger partial charge is 0.379 e. The van der Waals surface area contributed by atoms with Gasteiger partial charge in [0.25, 0.3) is 5.56 Å². The van der Waals surface area contributed by atoms with Gasteiger partial charge in [-0.25, -0.2) is 9.97 Å². The standard InChI is InChI=1S/C24H29N5O3S/c1-27-20(15-28-13-17(14-28)32-2)25-22-21(23(27)31)26-24(33-22)29-12-6-9-18(29)19(30)11-10-16-7-4-3-5-8-16/h3-5,7-8,17-18H,6,9-15H2,1-2H3/t18-/m1/s1. The number of anilines is 1. The molecule has 8 nitrogen and oxygen atoms in total. The molecule has 0 N–H and O–H groups in total. The lowest BCUT2D eigenvalue weighted by Crippen LogP contribution is -2.51. The lowest BCUT2D eigenvalue weighted by molar-refractivity contribution is -0.120. The summed E-state index contributed by atoms with van der Waals surface area (Å²) in [4.78, 5) is 40.4. The molecule has 1 aromatic carbocycles. The average Bonchev–Trinajstić information content (AvgIpc) is 3.45. The topological polar surface area (TPSA) is 80.6 Å². The number of ketones is 1. The summed E-state index contributed by atoms with van der Waals surface area (Å²) in [6, 6.07) is 9.93. The van der Waals surface area contributed by atoms with Gasteiger partial charge in [-0.05, 0) is 24.8 Å². The number of nitrogens with zero attached hydrogens (tertiary/aromatic N) is 5. The van der Waals surface area contributed by atoms with Crippen LogP contribution in [0.25, 0.3) is 10.3 Å². The van der Waals surface area contributed by atoms with E-state index in [1.165, 1.54) is 16.9 Å². The highest BCUT2D eigenvalue weighted by Crippen LogP contribution is 2.32. The monoisotopic (exact) mass is 467 g/mol. The summed E-state index contributed by atoms with van der Waals surface area (Å²) in [6.45, 7) is 3.08. The van der Waals surface area contributed by atoms with Crippen LogP contribution in [0, 0.1) is 0 Å². The zero-order valence-electron chi connectivity index (χ0n) is 19.1. The van der Waals surface area contributed by atoms with Gasteiger partial charge in [-0.3, -0.25) is 19.1 Å². The van der Waals surface area contributed by atoms with E-state index in [2.05, 4.69) is 26.9 Å². The summed E-state index contributed by atoms with van der Waals surface area (Å²) >= 11 is 1.42. The SMILES string of the molecule is COC1CN(Cc2nc3sc(N4CCC[C@@H]4C(=O)CCc4ccccc4)nc3c(=O)n2C)C1. The molecule has 9 heteroatoms. The molecule has 2 saturated heterocycles. The van der Waals surface area contributed by atoms with Gasteiger partial charge in [-0.1, -0.05) is 41.7 Å². The Bertz CT molecular complexity index is 1200. The molecule has 5 rings (SSSR count). The number of fused-ring (bicyclic) bond motifs is 1. The molecule has 0 aliphatic carbocycles. The van der Waals surface area contributed by atoms with E-state index in [4.69, 9.17) is 9.72 Å². The molecule has 3 aromatic rings. The Morgan fingerprint density at radius 1 is 1.21 bits per heavy atom. The van der Waals surface area contributed by atoms with Gasteiger partial charge in [-0.2, -0.15) is 0 Å². The first-order valence-corrected chi connectivity index (χ1v) is 12.3. The smallest absolute Gasteiger partial charge is 0.280 e.